The molecule has 0 unspecified atom stereocenters. The van der Waals surface area contributed by atoms with Gasteiger partial charge < -0.3 is 10.1 Å². The Kier molecular flexibility index (Phi) is 6.12. The first-order chi connectivity index (χ1) is 8.88. The lowest BCUT2D eigenvalue weighted by Crippen LogP contribution is -2.34. The van der Waals surface area contributed by atoms with E-state index in [4.69, 9.17) is 27.9 Å². The lowest BCUT2D eigenvalue weighted by molar-refractivity contribution is -0.148. The van der Waals surface area contributed by atoms with Gasteiger partial charge in [0.25, 0.3) is 5.91 Å². The van der Waals surface area contributed by atoms with Crippen molar-refractivity contribution >= 4 is 35.1 Å². The van der Waals surface area contributed by atoms with Crippen LogP contribution >= 0.6 is 23.2 Å². The summed E-state index contributed by atoms with van der Waals surface area (Å²) in [6.45, 7) is 3.38. The van der Waals surface area contributed by atoms with E-state index in [9.17, 15) is 9.59 Å². The highest BCUT2D eigenvalue weighted by molar-refractivity contribution is 6.42. The van der Waals surface area contributed by atoms with Gasteiger partial charge in [0.1, 0.15) is 0 Å². The number of halogens is 2. The van der Waals surface area contributed by atoms with Crippen LogP contribution in [0.3, 0.4) is 0 Å². The number of benzene rings is 1. The number of hydrogen-bond donors (Lipinski definition) is 1. The van der Waals surface area contributed by atoms with Crippen LogP contribution in [-0.4, -0.2) is 24.5 Å². The fourth-order valence-corrected chi connectivity index (χ4v) is 1.70. The molecule has 0 saturated carbocycles. The molecule has 1 rings (SSSR count). The zero-order valence-electron chi connectivity index (χ0n) is 10.7. The lowest BCUT2D eigenvalue weighted by atomic mass is 10.1. The Morgan fingerprint density at radius 3 is 2.53 bits per heavy atom. The van der Waals surface area contributed by atoms with Crippen LogP contribution in [0, 0.1) is 0 Å². The second kappa shape index (κ2) is 7.36. The maximum Gasteiger partial charge on any atom is 0.310 e. The maximum absolute atomic E-state index is 11.5. The molecule has 104 valence electrons. The van der Waals surface area contributed by atoms with Crippen molar-refractivity contribution in [1.29, 1.82) is 0 Å². The van der Waals surface area contributed by atoms with E-state index in [0.29, 0.717) is 15.6 Å². The molecule has 0 aliphatic carbocycles. The molecule has 0 fully saturated rings. The van der Waals surface area contributed by atoms with Gasteiger partial charge in [-0.05, 0) is 31.5 Å². The molecule has 4 nitrogen and oxygen atoms in total. The molecule has 1 aromatic carbocycles. The summed E-state index contributed by atoms with van der Waals surface area (Å²) in [4.78, 5) is 22.8. The zero-order chi connectivity index (χ0) is 14.4. The predicted octanol–water partition coefficient (Wildman–Crippen LogP) is 2.60. The second-order valence-electron chi connectivity index (χ2n) is 4.31. The highest BCUT2D eigenvalue weighted by Gasteiger charge is 2.10. The minimum absolute atomic E-state index is 0.0151. The first-order valence-corrected chi connectivity index (χ1v) is 6.53. The Labute approximate surface area is 122 Å². The van der Waals surface area contributed by atoms with E-state index in [-0.39, 0.29) is 25.0 Å². The third-order valence-corrected chi connectivity index (χ3v) is 2.89. The standard InChI is InChI=1S/C13H15Cl2NO3/c1-8(2)16-12(17)7-19-13(18)6-9-3-4-10(14)11(15)5-9/h3-5,8H,6-7H2,1-2H3,(H,16,17). The Morgan fingerprint density at radius 1 is 1.26 bits per heavy atom. The van der Waals surface area contributed by atoms with Crippen molar-refractivity contribution < 1.29 is 14.3 Å². The van der Waals surface area contributed by atoms with E-state index >= 15 is 0 Å². The summed E-state index contributed by atoms with van der Waals surface area (Å²) in [7, 11) is 0. The number of amides is 1. The summed E-state index contributed by atoms with van der Waals surface area (Å²) in [5, 5.41) is 3.43. The molecule has 0 radical (unpaired) electrons. The molecule has 0 bridgehead atoms. The summed E-state index contributed by atoms with van der Waals surface area (Å²) in [5.41, 5.74) is 0.684. The molecule has 19 heavy (non-hydrogen) atoms. The van der Waals surface area contributed by atoms with Gasteiger partial charge in [0.15, 0.2) is 6.61 Å². The molecule has 0 aliphatic heterocycles. The molecule has 0 aliphatic rings. The molecule has 0 atom stereocenters. The molecule has 0 saturated heterocycles. The molecule has 0 heterocycles. The van der Waals surface area contributed by atoms with Gasteiger partial charge in [0.2, 0.25) is 0 Å². The van der Waals surface area contributed by atoms with E-state index in [0.717, 1.165) is 0 Å². The summed E-state index contributed by atoms with van der Waals surface area (Å²) >= 11 is 11.6. The van der Waals surface area contributed by atoms with E-state index in [1.807, 2.05) is 13.8 Å². The van der Waals surface area contributed by atoms with Gasteiger partial charge >= 0.3 is 5.97 Å². The number of nitrogens with one attached hydrogen (secondary N) is 1. The second-order valence-corrected chi connectivity index (χ2v) is 5.12. The molecule has 0 spiro atoms. The van der Waals surface area contributed by atoms with Crippen molar-refractivity contribution in [3.63, 3.8) is 0 Å². The van der Waals surface area contributed by atoms with Crippen LogP contribution in [0.2, 0.25) is 10.0 Å². The smallest absolute Gasteiger partial charge is 0.310 e. The van der Waals surface area contributed by atoms with Crippen LogP contribution in [-0.2, 0) is 20.7 Å². The molecule has 1 aromatic rings. The van der Waals surface area contributed by atoms with Gasteiger partial charge in [-0.1, -0.05) is 29.3 Å². The number of esters is 1. The quantitative estimate of drug-likeness (QED) is 0.851. The van der Waals surface area contributed by atoms with Crippen LogP contribution in [0.5, 0.6) is 0 Å². The number of hydrogen-bond acceptors (Lipinski definition) is 3. The molecule has 1 N–H and O–H groups in total. The van der Waals surface area contributed by atoms with Gasteiger partial charge in [-0.2, -0.15) is 0 Å². The number of carbonyl (C=O) groups excluding carboxylic acids is 2. The topological polar surface area (TPSA) is 55.4 Å². The Bertz CT molecular complexity index is 475. The lowest BCUT2D eigenvalue weighted by Gasteiger charge is -2.09. The largest absolute Gasteiger partial charge is 0.455 e. The fraction of sp³-hybridized carbons (Fsp3) is 0.385. The van der Waals surface area contributed by atoms with Crippen molar-refractivity contribution in [3.8, 4) is 0 Å². The van der Waals surface area contributed by atoms with Crippen LogP contribution in [0.4, 0.5) is 0 Å². The Morgan fingerprint density at radius 2 is 1.95 bits per heavy atom. The normalized spacial score (nSPS) is 10.4. The first kappa shape index (κ1) is 15.8. The summed E-state index contributed by atoms with van der Waals surface area (Å²) in [5.74, 6) is -0.810. The minimum atomic E-state index is -0.489. The van der Waals surface area contributed by atoms with Gasteiger partial charge in [0.05, 0.1) is 16.5 Å². The predicted molar refractivity (Wildman–Crippen MR) is 74.4 cm³/mol. The van der Waals surface area contributed by atoms with E-state index < -0.39 is 5.97 Å². The number of rotatable bonds is 5. The van der Waals surface area contributed by atoms with Crippen molar-refractivity contribution in [1.82, 2.24) is 5.32 Å². The van der Waals surface area contributed by atoms with Crippen LogP contribution < -0.4 is 5.32 Å². The number of ether oxygens (including phenoxy) is 1. The van der Waals surface area contributed by atoms with Crippen molar-refractivity contribution in [2.24, 2.45) is 0 Å². The maximum atomic E-state index is 11.5. The van der Waals surface area contributed by atoms with E-state index in [1.54, 1.807) is 18.2 Å². The average molecular weight is 304 g/mol. The monoisotopic (exact) mass is 303 g/mol. The third-order valence-electron chi connectivity index (χ3n) is 2.15. The van der Waals surface area contributed by atoms with Crippen molar-refractivity contribution in [2.45, 2.75) is 26.3 Å². The Hall–Kier alpha value is -1.26. The summed E-state index contributed by atoms with van der Waals surface area (Å²) in [6.07, 6.45) is 0.0475. The van der Waals surface area contributed by atoms with Crippen molar-refractivity contribution in [3.05, 3.63) is 33.8 Å². The molecule has 0 aromatic heterocycles. The molecular weight excluding hydrogens is 289 g/mol. The highest BCUT2D eigenvalue weighted by atomic mass is 35.5. The molecular formula is C13H15Cl2NO3. The third kappa shape index (κ3) is 5.94. The van der Waals surface area contributed by atoms with Gasteiger partial charge in [-0.3, -0.25) is 9.59 Å². The van der Waals surface area contributed by atoms with Gasteiger partial charge in [0, 0.05) is 6.04 Å². The average Bonchev–Trinajstić information content (AvgIpc) is 2.30. The first-order valence-electron chi connectivity index (χ1n) is 5.77. The summed E-state index contributed by atoms with van der Waals surface area (Å²) < 4.78 is 4.85. The molecule has 6 heteroatoms. The Balaban J connectivity index is 2.43. The van der Waals surface area contributed by atoms with Gasteiger partial charge in [-0.25, -0.2) is 0 Å². The van der Waals surface area contributed by atoms with Crippen LogP contribution in [0.1, 0.15) is 19.4 Å². The summed E-state index contributed by atoms with van der Waals surface area (Å²) in [6, 6.07) is 4.90. The highest BCUT2D eigenvalue weighted by Crippen LogP contribution is 2.22. The van der Waals surface area contributed by atoms with Crippen molar-refractivity contribution in [2.75, 3.05) is 6.61 Å². The molecule has 1 amide bonds. The van der Waals surface area contributed by atoms with E-state index in [2.05, 4.69) is 5.32 Å². The minimum Gasteiger partial charge on any atom is -0.455 e. The number of carbonyl (C=O) groups is 2. The SMILES string of the molecule is CC(C)NC(=O)COC(=O)Cc1ccc(Cl)c(Cl)c1. The van der Waals surface area contributed by atoms with Crippen LogP contribution in [0.25, 0.3) is 0 Å². The van der Waals surface area contributed by atoms with Gasteiger partial charge in [-0.15, -0.1) is 0 Å². The fourth-order valence-electron chi connectivity index (χ4n) is 1.38. The van der Waals surface area contributed by atoms with E-state index in [1.165, 1.54) is 0 Å². The van der Waals surface area contributed by atoms with Crippen LogP contribution in [0.15, 0.2) is 18.2 Å². The zero-order valence-corrected chi connectivity index (χ0v) is 12.2.